The Kier molecular flexibility index (Phi) is 3.60. The van der Waals surface area contributed by atoms with E-state index in [2.05, 4.69) is 54.3 Å². The first-order valence-electron chi connectivity index (χ1n) is 6.27. The third kappa shape index (κ3) is 2.67. The summed E-state index contributed by atoms with van der Waals surface area (Å²) >= 11 is 0. The standard InChI is InChI=1S/C15H19N3/c1-5-16-15-9-14(17-12(4)18-15)13-8-10(2)6-7-11(13)3/h6-9H,5H2,1-4H3,(H,16,17,18). The second-order valence-electron chi connectivity index (χ2n) is 4.53. The van der Waals surface area contributed by atoms with Gasteiger partial charge in [0.05, 0.1) is 5.69 Å². The Morgan fingerprint density at radius 3 is 2.56 bits per heavy atom. The molecule has 2 aromatic rings. The van der Waals surface area contributed by atoms with Crippen LogP contribution in [0.25, 0.3) is 11.3 Å². The monoisotopic (exact) mass is 241 g/mol. The van der Waals surface area contributed by atoms with Gasteiger partial charge in [0, 0.05) is 18.2 Å². The smallest absolute Gasteiger partial charge is 0.130 e. The summed E-state index contributed by atoms with van der Waals surface area (Å²) in [5, 5.41) is 3.24. The molecule has 0 atom stereocenters. The topological polar surface area (TPSA) is 37.8 Å². The fourth-order valence-electron chi connectivity index (χ4n) is 1.99. The van der Waals surface area contributed by atoms with E-state index in [4.69, 9.17) is 0 Å². The summed E-state index contributed by atoms with van der Waals surface area (Å²) in [6.07, 6.45) is 0. The van der Waals surface area contributed by atoms with Gasteiger partial charge < -0.3 is 5.32 Å². The van der Waals surface area contributed by atoms with Gasteiger partial charge in [0.1, 0.15) is 11.6 Å². The van der Waals surface area contributed by atoms with E-state index in [1.165, 1.54) is 16.7 Å². The van der Waals surface area contributed by atoms with E-state index in [1.54, 1.807) is 0 Å². The Bertz CT molecular complexity index is 562. The first-order valence-corrected chi connectivity index (χ1v) is 6.27. The molecule has 1 heterocycles. The van der Waals surface area contributed by atoms with Crippen molar-refractivity contribution in [3.63, 3.8) is 0 Å². The van der Waals surface area contributed by atoms with Crippen LogP contribution >= 0.6 is 0 Å². The zero-order valence-electron chi connectivity index (χ0n) is 11.4. The minimum atomic E-state index is 0.796. The SMILES string of the molecule is CCNc1cc(-c2cc(C)ccc2C)nc(C)n1. The van der Waals surface area contributed by atoms with Crippen molar-refractivity contribution in [1.82, 2.24) is 9.97 Å². The summed E-state index contributed by atoms with van der Waals surface area (Å²) in [5.74, 6) is 1.69. The van der Waals surface area contributed by atoms with Gasteiger partial charge in [-0.15, -0.1) is 0 Å². The number of rotatable bonds is 3. The minimum absolute atomic E-state index is 0.796. The molecule has 0 bridgehead atoms. The van der Waals surface area contributed by atoms with Crippen LogP contribution < -0.4 is 5.32 Å². The predicted octanol–water partition coefficient (Wildman–Crippen LogP) is 3.50. The highest BCUT2D eigenvalue weighted by molar-refractivity contribution is 5.66. The molecule has 2 rings (SSSR count). The Morgan fingerprint density at radius 1 is 1.06 bits per heavy atom. The minimum Gasteiger partial charge on any atom is -0.370 e. The number of aromatic nitrogens is 2. The lowest BCUT2D eigenvalue weighted by atomic mass is 10.0. The quantitative estimate of drug-likeness (QED) is 0.893. The predicted molar refractivity (Wildman–Crippen MR) is 75.8 cm³/mol. The summed E-state index contributed by atoms with van der Waals surface area (Å²) in [4.78, 5) is 8.92. The normalized spacial score (nSPS) is 10.4. The maximum atomic E-state index is 4.54. The molecule has 0 aliphatic carbocycles. The lowest BCUT2D eigenvalue weighted by molar-refractivity contribution is 1.04. The molecule has 0 spiro atoms. The van der Waals surface area contributed by atoms with Crippen LogP contribution in [0.2, 0.25) is 0 Å². The number of benzene rings is 1. The highest BCUT2D eigenvalue weighted by Crippen LogP contribution is 2.24. The summed E-state index contributed by atoms with van der Waals surface area (Å²) in [6, 6.07) is 8.44. The zero-order chi connectivity index (χ0) is 13.1. The van der Waals surface area contributed by atoms with Crippen molar-refractivity contribution in [1.29, 1.82) is 0 Å². The molecule has 1 N–H and O–H groups in total. The second-order valence-corrected chi connectivity index (χ2v) is 4.53. The van der Waals surface area contributed by atoms with E-state index in [0.29, 0.717) is 0 Å². The third-order valence-electron chi connectivity index (χ3n) is 2.86. The van der Waals surface area contributed by atoms with E-state index < -0.39 is 0 Å². The lowest BCUT2D eigenvalue weighted by Gasteiger charge is -2.10. The molecule has 0 saturated carbocycles. The molecular weight excluding hydrogens is 222 g/mol. The van der Waals surface area contributed by atoms with Crippen LogP contribution in [0, 0.1) is 20.8 Å². The molecule has 0 fully saturated rings. The molecule has 1 aromatic carbocycles. The maximum absolute atomic E-state index is 4.54. The van der Waals surface area contributed by atoms with E-state index in [1.807, 2.05) is 13.0 Å². The van der Waals surface area contributed by atoms with E-state index in [0.717, 1.165) is 23.9 Å². The van der Waals surface area contributed by atoms with Crippen LogP contribution in [-0.2, 0) is 0 Å². The number of nitrogens with zero attached hydrogens (tertiary/aromatic N) is 2. The highest BCUT2D eigenvalue weighted by atomic mass is 15.0. The summed E-state index contributed by atoms with van der Waals surface area (Å²) in [7, 11) is 0. The number of anilines is 1. The number of nitrogens with one attached hydrogen (secondary N) is 1. The van der Waals surface area contributed by atoms with Gasteiger partial charge in [0.25, 0.3) is 0 Å². The fourth-order valence-corrected chi connectivity index (χ4v) is 1.99. The van der Waals surface area contributed by atoms with Gasteiger partial charge in [-0.25, -0.2) is 9.97 Å². The molecule has 3 nitrogen and oxygen atoms in total. The van der Waals surface area contributed by atoms with Gasteiger partial charge in [-0.1, -0.05) is 17.7 Å². The maximum Gasteiger partial charge on any atom is 0.130 e. The van der Waals surface area contributed by atoms with E-state index in [9.17, 15) is 0 Å². The van der Waals surface area contributed by atoms with Gasteiger partial charge in [-0.2, -0.15) is 0 Å². The van der Waals surface area contributed by atoms with Crippen molar-refractivity contribution in [2.75, 3.05) is 11.9 Å². The third-order valence-corrected chi connectivity index (χ3v) is 2.86. The average Bonchev–Trinajstić information content (AvgIpc) is 2.32. The molecule has 3 heteroatoms. The molecule has 0 radical (unpaired) electrons. The van der Waals surface area contributed by atoms with Crippen LogP contribution in [0.3, 0.4) is 0 Å². The van der Waals surface area contributed by atoms with Crippen LogP contribution in [0.4, 0.5) is 5.82 Å². The van der Waals surface area contributed by atoms with Gasteiger partial charge in [-0.05, 0) is 39.3 Å². The van der Waals surface area contributed by atoms with Gasteiger partial charge in [0.2, 0.25) is 0 Å². The molecule has 0 aliphatic heterocycles. The average molecular weight is 241 g/mol. The van der Waals surface area contributed by atoms with Crippen molar-refractivity contribution < 1.29 is 0 Å². The largest absolute Gasteiger partial charge is 0.370 e. The van der Waals surface area contributed by atoms with Crippen molar-refractivity contribution in [3.8, 4) is 11.3 Å². The van der Waals surface area contributed by atoms with Gasteiger partial charge in [0.15, 0.2) is 0 Å². The van der Waals surface area contributed by atoms with E-state index in [-0.39, 0.29) is 0 Å². The molecule has 0 unspecified atom stereocenters. The fraction of sp³-hybridized carbons (Fsp3) is 0.333. The van der Waals surface area contributed by atoms with Crippen LogP contribution in [0.1, 0.15) is 23.9 Å². The van der Waals surface area contributed by atoms with Crippen molar-refractivity contribution in [2.24, 2.45) is 0 Å². The molecule has 94 valence electrons. The second kappa shape index (κ2) is 5.17. The number of hydrogen-bond acceptors (Lipinski definition) is 3. The van der Waals surface area contributed by atoms with Gasteiger partial charge >= 0.3 is 0 Å². The summed E-state index contributed by atoms with van der Waals surface area (Å²) in [5.41, 5.74) is 4.65. The highest BCUT2D eigenvalue weighted by Gasteiger charge is 2.07. The molecular formula is C15H19N3. The van der Waals surface area contributed by atoms with Gasteiger partial charge in [-0.3, -0.25) is 0 Å². The van der Waals surface area contributed by atoms with Crippen molar-refractivity contribution in [2.45, 2.75) is 27.7 Å². The zero-order valence-corrected chi connectivity index (χ0v) is 11.4. The first kappa shape index (κ1) is 12.6. The molecule has 0 saturated heterocycles. The van der Waals surface area contributed by atoms with E-state index >= 15 is 0 Å². The molecule has 1 aromatic heterocycles. The molecule has 0 amide bonds. The number of hydrogen-bond donors (Lipinski definition) is 1. The van der Waals surface area contributed by atoms with Crippen molar-refractivity contribution in [3.05, 3.63) is 41.2 Å². The lowest BCUT2D eigenvalue weighted by Crippen LogP contribution is -2.02. The summed E-state index contributed by atoms with van der Waals surface area (Å²) < 4.78 is 0. The number of aryl methyl sites for hydroxylation is 3. The summed E-state index contributed by atoms with van der Waals surface area (Å²) in [6.45, 7) is 9.06. The molecule has 18 heavy (non-hydrogen) atoms. The Labute approximate surface area is 108 Å². The Hall–Kier alpha value is -1.90. The van der Waals surface area contributed by atoms with Crippen LogP contribution in [0.15, 0.2) is 24.3 Å². The van der Waals surface area contributed by atoms with Crippen LogP contribution in [0.5, 0.6) is 0 Å². The Morgan fingerprint density at radius 2 is 1.83 bits per heavy atom. The Balaban J connectivity index is 2.52. The van der Waals surface area contributed by atoms with Crippen LogP contribution in [-0.4, -0.2) is 16.5 Å². The first-order chi connectivity index (χ1) is 8.60. The molecule has 0 aliphatic rings. The van der Waals surface area contributed by atoms with Crippen molar-refractivity contribution >= 4 is 5.82 Å².